The summed E-state index contributed by atoms with van der Waals surface area (Å²) in [6.45, 7) is 1.65. The maximum absolute atomic E-state index is 13.8. The molecule has 180 valence electrons. The first-order chi connectivity index (χ1) is 16.8. The Kier molecular flexibility index (Phi) is 5.64. The third-order valence-corrected chi connectivity index (χ3v) is 7.00. The van der Waals surface area contributed by atoms with Gasteiger partial charge in [0, 0.05) is 37.7 Å². The fourth-order valence-corrected chi connectivity index (χ4v) is 5.09. The van der Waals surface area contributed by atoms with E-state index in [2.05, 4.69) is 5.32 Å². The van der Waals surface area contributed by atoms with Crippen molar-refractivity contribution in [3.63, 3.8) is 0 Å². The number of fused-ring (bicyclic) bond motifs is 7. The summed E-state index contributed by atoms with van der Waals surface area (Å²) in [4.78, 5) is 55.8. The Labute approximate surface area is 201 Å². The van der Waals surface area contributed by atoms with Crippen LogP contribution in [0.2, 0.25) is 0 Å². The zero-order valence-electron chi connectivity index (χ0n) is 19.5. The Morgan fingerprint density at radius 3 is 2.57 bits per heavy atom. The standard InChI is InChI=1S/C26H26N4O5/c1-15(31)28(2)22-23(32)18-14-30(20-11-6-4-8-16(18)20)25(34)17-9-3-5-10-19(17)27-24(33)21-12-7-13-29(21)26(22)35/h3-6,8-11,14,21-23,32H,7,12-13H2,1-2H3,(H,27,33)/t21-,22-,23+/m0/s1. The summed E-state index contributed by atoms with van der Waals surface area (Å²) in [6.07, 6.45) is 1.15. The van der Waals surface area contributed by atoms with E-state index in [0.717, 1.165) is 0 Å². The highest BCUT2D eigenvalue weighted by molar-refractivity contribution is 6.09. The molecule has 1 fully saturated rings. The first kappa shape index (κ1) is 22.8. The zero-order valence-corrected chi connectivity index (χ0v) is 19.5. The monoisotopic (exact) mass is 474 g/mol. The molecule has 0 spiro atoms. The van der Waals surface area contributed by atoms with E-state index in [1.54, 1.807) is 48.5 Å². The van der Waals surface area contributed by atoms with Gasteiger partial charge in [0.05, 0.1) is 16.8 Å². The number of aromatic nitrogens is 1. The van der Waals surface area contributed by atoms with Gasteiger partial charge in [-0.25, -0.2) is 0 Å². The molecule has 35 heavy (non-hydrogen) atoms. The number of anilines is 1. The van der Waals surface area contributed by atoms with E-state index in [1.807, 2.05) is 0 Å². The third kappa shape index (κ3) is 3.68. The Bertz CT molecular complexity index is 1360. The van der Waals surface area contributed by atoms with Crippen molar-refractivity contribution in [1.29, 1.82) is 0 Å². The molecule has 2 bridgehead atoms. The van der Waals surface area contributed by atoms with E-state index in [-0.39, 0.29) is 11.5 Å². The molecular weight excluding hydrogens is 448 g/mol. The lowest BCUT2D eigenvalue weighted by Crippen LogP contribution is -2.54. The molecule has 2 N–H and O–H groups in total. The van der Waals surface area contributed by atoms with Crippen molar-refractivity contribution >= 4 is 40.2 Å². The first-order valence-corrected chi connectivity index (χ1v) is 11.6. The van der Waals surface area contributed by atoms with Crippen LogP contribution in [0.5, 0.6) is 0 Å². The number of nitrogens with zero attached hydrogens (tertiary/aromatic N) is 3. The number of carbonyl (C=O) groups is 4. The molecule has 0 saturated carbocycles. The van der Waals surface area contributed by atoms with Crippen LogP contribution in [0.15, 0.2) is 54.7 Å². The largest absolute Gasteiger partial charge is 0.386 e. The highest BCUT2D eigenvalue weighted by Crippen LogP contribution is 2.34. The molecule has 3 heterocycles. The molecule has 5 rings (SSSR count). The van der Waals surface area contributed by atoms with Gasteiger partial charge in [0.15, 0.2) is 0 Å². The van der Waals surface area contributed by atoms with Crippen LogP contribution in [-0.4, -0.2) is 68.8 Å². The van der Waals surface area contributed by atoms with E-state index in [9.17, 15) is 24.3 Å². The van der Waals surface area contributed by atoms with Crippen LogP contribution in [-0.2, 0) is 14.4 Å². The Balaban J connectivity index is 1.77. The summed E-state index contributed by atoms with van der Waals surface area (Å²) >= 11 is 0. The van der Waals surface area contributed by atoms with Crippen molar-refractivity contribution in [2.75, 3.05) is 18.9 Å². The molecule has 2 aliphatic heterocycles. The number of carbonyl (C=O) groups excluding carboxylic acids is 4. The molecule has 3 amide bonds. The number of hydrogen-bond acceptors (Lipinski definition) is 5. The van der Waals surface area contributed by atoms with Gasteiger partial charge in [-0.3, -0.25) is 23.7 Å². The van der Waals surface area contributed by atoms with Crippen molar-refractivity contribution in [2.24, 2.45) is 0 Å². The van der Waals surface area contributed by atoms with E-state index in [0.29, 0.717) is 41.5 Å². The summed E-state index contributed by atoms with van der Waals surface area (Å²) in [5.41, 5.74) is 1.53. The van der Waals surface area contributed by atoms with E-state index >= 15 is 0 Å². The molecule has 9 heteroatoms. The normalized spacial score (nSPS) is 22.5. The van der Waals surface area contributed by atoms with Crippen molar-refractivity contribution in [3.8, 4) is 0 Å². The average molecular weight is 475 g/mol. The number of hydrogen-bond donors (Lipinski definition) is 2. The molecule has 3 aromatic rings. The first-order valence-electron chi connectivity index (χ1n) is 11.6. The number of para-hydroxylation sites is 2. The second-order valence-corrected chi connectivity index (χ2v) is 9.02. The Morgan fingerprint density at radius 2 is 1.80 bits per heavy atom. The number of aliphatic hydroxyl groups excluding tert-OH is 1. The van der Waals surface area contributed by atoms with Crippen LogP contribution in [0, 0.1) is 0 Å². The van der Waals surface area contributed by atoms with Crippen LogP contribution >= 0.6 is 0 Å². The van der Waals surface area contributed by atoms with Crippen LogP contribution in [0.4, 0.5) is 5.69 Å². The maximum Gasteiger partial charge on any atom is 0.264 e. The molecule has 0 aliphatic carbocycles. The van der Waals surface area contributed by atoms with Gasteiger partial charge in [-0.05, 0) is 31.0 Å². The minimum Gasteiger partial charge on any atom is -0.386 e. The molecule has 0 unspecified atom stereocenters. The molecule has 0 radical (unpaired) electrons. The van der Waals surface area contributed by atoms with Gasteiger partial charge in [-0.1, -0.05) is 30.3 Å². The number of benzene rings is 2. The SMILES string of the molecule is CC(=O)N(C)[C@@H]1C(=O)N2CCC[C@H]2C(=O)Nc2ccccc2C(=O)n2cc(c3ccccc32)[C@H]1O. The van der Waals surface area contributed by atoms with Crippen molar-refractivity contribution in [2.45, 2.75) is 38.0 Å². The van der Waals surface area contributed by atoms with Gasteiger partial charge >= 0.3 is 0 Å². The Hall–Kier alpha value is -3.98. The topological polar surface area (TPSA) is 112 Å². The Morgan fingerprint density at radius 1 is 1.09 bits per heavy atom. The molecule has 9 nitrogen and oxygen atoms in total. The molecule has 3 atom stereocenters. The number of rotatable bonds is 1. The molecule has 1 aromatic heterocycles. The van der Waals surface area contributed by atoms with Crippen molar-refractivity contribution in [1.82, 2.24) is 14.4 Å². The lowest BCUT2D eigenvalue weighted by molar-refractivity contribution is -0.150. The van der Waals surface area contributed by atoms with Crippen molar-refractivity contribution in [3.05, 3.63) is 65.9 Å². The summed E-state index contributed by atoms with van der Waals surface area (Å²) in [5.74, 6) is -1.71. The summed E-state index contributed by atoms with van der Waals surface area (Å²) in [6, 6.07) is 11.8. The smallest absolute Gasteiger partial charge is 0.264 e. The lowest BCUT2D eigenvalue weighted by Gasteiger charge is -2.35. The minimum absolute atomic E-state index is 0.287. The maximum atomic E-state index is 13.8. The van der Waals surface area contributed by atoms with Gasteiger partial charge < -0.3 is 20.2 Å². The fraction of sp³-hybridized carbons (Fsp3) is 0.308. The minimum atomic E-state index is -1.42. The zero-order chi connectivity index (χ0) is 24.9. The quantitative estimate of drug-likeness (QED) is 0.561. The number of aliphatic hydroxyl groups is 1. The van der Waals surface area contributed by atoms with Gasteiger partial charge in [0.1, 0.15) is 18.2 Å². The number of likely N-dealkylation sites (N-methyl/N-ethyl adjacent to an activating group) is 1. The van der Waals surface area contributed by atoms with Gasteiger partial charge in [-0.15, -0.1) is 0 Å². The third-order valence-electron chi connectivity index (χ3n) is 7.00. The van der Waals surface area contributed by atoms with E-state index in [1.165, 1.54) is 34.5 Å². The summed E-state index contributed by atoms with van der Waals surface area (Å²) in [7, 11) is 1.46. The van der Waals surface area contributed by atoms with Crippen LogP contribution in [0.3, 0.4) is 0 Å². The average Bonchev–Trinajstić information content (AvgIpc) is 3.49. The van der Waals surface area contributed by atoms with Crippen LogP contribution in [0.1, 0.15) is 41.8 Å². The van der Waals surface area contributed by atoms with Crippen LogP contribution < -0.4 is 5.32 Å². The lowest BCUT2D eigenvalue weighted by atomic mass is 9.98. The second kappa shape index (κ2) is 8.66. The van der Waals surface area contributed by atoms with Gasteiger partial charge in [0.25, 0.3) is 5.91 Å². The van der Waals surface area contributed by atoms with Crippen molar-refractivity contribution < 1.29 is 24.3 Å². The second-order valence-electron chi connectivity index (χ2n) is 9.02. The fourth-order valence-electron chi connectivity index (χ4n) is 5.09. The van der Waals surface area contributed by atoms with Gasteiger partial charge in [-0.2, -0.15) is 0 Å². The summed E-state index contributed by atoms with van der Waals surface area (Å²) < 4.78 is 1.41. The molecular formula is C26H26N4O5. The van der Waals surface area contributed by atoms with E-state index < -0.39 is 35.9 Å². The number of amides is 3. The highest BCUT2D eigenvalue weighted by atomic mass is 16.3. The predicted molar refractivity (Wildman–Crippen MR) is 129 cm³/mol. The van der Waals surface area contributed by atoms with Gasteiger partial charge in [0.2, 0.25) is 17.7 Å². The highest BCUT2D eigenvalue weighted by Gasteiger charge is 2.43. The van der Waals surface area contributed by atoms with E-state index in [4.69, 9.17) is 0 Å². The summed E-state index contributed by atoms with van der Waals surface area (Å²) in [5, 5.41) is 15.0. The van der Waals surface area contributed by atoms with Crippen LogP contribution in [0.25, 0.3) is 10.9 Å². The molecule has 2 aliphatic rings. The number of nitrogens with one attached hydrogen (secondary N) is 1. The molecule has 2 aromatic carbocycles. The predicted octanol–water partition coefficient (Wildman–Crippen LogP) is 2.15. The molecule has 1 saturated heterocycles.